The first kappa shape index (κ1) is 13.1. The smallest absolute Gasteiger partial charge is 0.376 e. The SMILES string of the molecule is CC(C)(C)OC(=O)C(=O)CNOC1CCC1. The van der Waals surface area contributed by atoms with Crippen LogP contribution in [-0.4, -0.2) is 30.0 Å². The molecule has 0 saturated heterocycles. The molecule has 0 atom stereocenters. The first-order valence-electron chi connectivity index (χ1n) is 5.53. The number of hydrogen-bond acceptors (Lipinski definition) is 5. The van der Waals surface area contributed by atoms with E-state index in [9.17, 15) is 9.59 Å². The average Bonchev–Trinajstić information content (AvgIpc) is 2.05. The molecule has 1 saturated carbocycles. The molecule has 16 heavy (non-hydrogen) atoms. The van der Waals surface area contributed by atoms with Gasteiger partial charge in [-0.25, -0.2) is 4.79 Å². The summed E-state index contributed by atoms with van der Waals surface area (Å²) in [6.07, 6.45) is 3.36. The highest BCUT2D eigenvalue weighted by atomic mass is 16.7. The summed E-state index contributed by atoms with van der Waals surface area (Å²) in [7, 11) is 0. The largest absolute Gasteiger partial charge is 0.454 e. The Balaban J connectivity index is 2.15. The molecule has 5 heteroatoms. The zero-order valence-corrected chi connectivity index (χ0v) is 10.0. The van der Waals surface area contributed by atoms with Crippen molar-refractivity contribution >= 4 is 11.8 Å². The van der Waals surface area contributed by atoms with Crippen LogP contribution in [0.3, 0.4) is 0 Å². The summed E-state index contributed by atoms with van der Waals surface area (Å²) in [6.45, 7) is 5.02. The lowest BCUT2D eigenvalue weighted by Gasteiger charge is -2.25. The van der Waals surface area contributed by atoms with Gasteiger partial charge >= 0.3 is 5.97 Å². The number of hydroxylamine groups is 1. The maximum Gasteiger partial charge on any atom is 0.376 e. The van der Waals surface area contributed by atoms with Gasteiger partial charge in [0.2, 0.25) is 0 Å². The molecule has 0 radical (unpaired) electrons. The van der Waals surface area contributed by atoms with E-state index in [0.29, 0.717) is 0 Å². The molecule has 0 aliphatic heterocycles. The molecule has 1 aliphatic rings. The predicted molar refractivity (Wildman–Crippen MR) is 57.6 cm³/mol. The van der Waals surface area contributed by atoms with Crippen LogP contribution in [0.4, 0.5) is 0 Å². The Morgan fingerprint density at radius 3 is 2.38 bits per heavy atom. The van der Waals surface area contributed by atoms with E-state index >= 15 is 0 Å². The van der Waals surface area contributed by atoms with E-state index in [0.717, 1.165) is 19.3 Å². The van der Waals surface area contributed by atoms with Crippen LogP contribution in [0.2, 0.25) is 0 Å². The van der Waals surface area contributed by atoms with Gasteiger partial charge < -0.3 is 4.74 Å². The van der Waals surface area contributed by atoms with E-state index in [1.54, 1.807) is 20.8 Å². The van der Waals surface area contributed by atoms with Gasteiger partial charge in [-0.15, -0.1) is 0 Å². The minimum Gasteiger partial charge on any atom is -0.454 e. The summed E-state index contributed by atoms with van der Waals surface area (Å²) >= 11 is 0. The molecule has 0 aromatic rings. The van der Waals surface area contributed by atoms with Crippen LogP contribution >= 0.6 is 0 Å². The van der Waals surface area contributed by atoms with Crippen LogP contribution < -0.4 is 5.48 Å². The van der Waals surface area contributed by atoms with Gasteiger partial charge in [-0.2, -0.15) is 5.48 Å². The van der Waals surface area contributed by atoms with Crippen molar-refractivity contribution in [3.63, 3.8) is 0 Å². The van der Waals surface area contributed by atoms with Gasteiger partial charge in [-0.1, -0.05) is 0 Å². The number of nitrogens with one attached hydrogen (secondary N) is 1. The molecular weight excluding hydrogens is 210 g/mol. The van der Waals surface area contributed by atoms with Crippen molar-refractivity contribution in [3.8, 4) is 0 Å². The fraction of sp³-hybridized carbons (Fsp3) is 0.818. The summed E-state index contributed by atoms with van der Waals surface area (Å²) in [5.41, 5.74) is 1.87. The van der Waals surface area contributed by atoms with Crippen LogP contribution in [0.25, 0.3) is 0 Å². The van der Waals surface area contributed by atoms with E-state index in [4.69, 9.17) is 9.57 Å². The Kier molecular flexibility index (Phi) is 4.44. The molecule has 0 heterocycles. The van der Waals surface area contributed by atoms with Gasteiger partial charge in [-0.3, -0.25) is 9.63 Å². The summed E-state index contributed by atoms with van der Waals surface area (Å²) in [4.78, 5) is 27.7. The van der Waals surface area contributed by atoms with Crippen molar-refractivity contribution in [2.75, 3.05) is 6.54 Å². The van der Waals surface area contributed by atoms with E-state index in [1.165, 1.54) is 0 Å². The molecule has 0 amide bonds. The Labute approximate surface area is 95.4 Å². The van der Waals surface area contributed by atoms with E-state index in [2.05, 4.69) is 5.48 Å². The highest BCUT2D eigenvalue weighted by Crippen LogP contribution is 2.20. The lowest BCUT2D eigenvalue weighted by atomic mass is 9.97. The number of carbonyl (C=O) groups excluding carboxylic acids is 2. The fourth-order valence-electron chi connectivity index (χ4n) is 1.12. The first-order chi connectivity index (χ1) is 7.38. The molecule has 1 aliphatic carbocycles. The molecule has 92 valence electrons. The van der Waals surface area contributed by atoms with Crippen molar-refractivity contribution < 1.29 is 19.2 Å². The lowest BCUT2D eigenvalue weighted by molar-refractivity contribution is -0.163. The maximum atomic E-state index is 11.3. The van der Waals surface area contributed by atoms with E-state index in [1.807, 2.05) is 0 Å². The second kappa shape index (κ2) is 5.41. The van der Waals surface area contributed by atoms with Crippen LogP contribution in [0.15, 0.2) is 0 Å². The van der Waals surface area contributed by atoms with Crippen LogP contribution in [0, 0.1) is 0 Å². The molecule has 0 aromatic carbocycles. The number of hydrogen-bond donors (Lipinski definition) is 1. The van der Waals surface area contributed by atoms with Gasteiger partial charge in [0.25, 0.3) is 5.78 Å². The van der Waals surface area contributed by atoms with Gasteiger partial charge in [0.05, 0.1) is 12.6 Å². The third-order valence-corrected chi connectivity index (χ3v) is 2.16. The molecule has 1 rings (SSSR count). The summed E-state index contributed by atoms with van der Waals surface area (Å²) in [6, 6.07) is 0. The van der Waals surface area contributed by atoms with Gasteiger partial charge in [0.15, 0.2) is 0 Å². The lowest BCUT2D eigenvalue weighted by Crippen LogP contribution is -2.37. The van der Waals surface area contributed by atoms with Crippen molar-refractivity contribution in [1.82, 2.24) is 5.48 Å². The minimum absolute atomic E-state index is 0.134. The number of rotatable bonds is 5. The van der Waals surface area contributed by atoms with Crippen molar-refractivity contribution in [2.45, 2.75) is 51.7 Å². The Morgan fingerprint density at radius 1 is 1.31 bits per heavy atom. The van der Waals surface area contributed by atoms with Crippen LogP contribution in [0.5, 0.6) is 0 Å². The van der Waals surface area contributed by atoms with E-state index in [-0.39, 0.29) is 12.6 Å². The van der Waals surface area contributed by atoms with Gasteiger partial charge in [-0.05, 0) is 40.0 Å². The van der Waals surface area contributed by atoms with Crippen LogP contribution in [0.1, 0.15) is 40.0 Å². The molecule has 1 N–H and O–H groups in total. The second-order valence-electron chi connectivity index (χ2n) is 4.92. The molecule has 5 nitrogen and oxygen atoms in total. The Bertz CT molecular complexity index is 266. The molecule has 0 unspecified atom stereocenters. The number of Topliss-reactive ketones (excluding diaryl/α,β-unsaturated/α-hetero) is 1. The molecule has 1 fully saturated rings. The predicted octanol–water partition coefficient (Wildman–Crippen LogP) is 0.971. The number of carbonyl (C=O) groups is 2. The topological polar surface area (TPSA) is 64.6 Å². The van der Waals surface area contributed by atoms with Gasteiger partial charge in [0, 0.05) is 0 Å². The Morgan fingerprint density at radius 2 is 1.94 bits per heavy atom. The second-order valence-corrected chi connectivity index (χ2v) is 4.92. The average molecular weight is 229 g/mol. The summed E-state index contributed by atoms with van der Waals surface area (Å²) in [5, 5.41) is 0. The molecule has 0 spiro atoms. The minimum atomic E-state index is -0.822. The summed E-state index contributed by atoms with van der Waals surface area (Å²) in [5.74, 6) is -1.44. The number of ether oxygens (including phenoxy) is 1. The molecule has 0 aromatic heterocycles. The van der Waals surface area contributed by atoms with E-state index < -0.39 is 17.4 Å². The number of esters is 1. The maximum absolute atomic E-state index is 11.3. The normalized spacial score (nSPS) is 16.7. The zero-order valence-electron chi connectivity index (χ0n) is 10.0. The quantitative estimate of drug-likeness (QED) is 0.432. The van der Waals surface area contributed by atoms with Crippen molar-refractivity contribution in [2.24, 2.45) is 0 Å². The monoisotopic (exact) mass is 229 g/mol. The third kappa shape index (κ3) is 4.72. The van der Waals surface area contributed by atoms with Crippen molar-refractivity contribution in [3.05, 3.63) is 0 Å². The van der Waals surface area contributed by atoms with Gasteiger partial charge in [0.1, 0.15) is 5.60 Å². The Hall–Kier alpha value is -0.940. The number of ketones is 1. The highest BCUT2D eigenvalue weighted by Gasteiger charge is 2.23. The standard InChI is InChI=1S/C11H19NO4/c1-11(2,3)15-10(14)9(13)7-12-16-8-5-4-6-8/h8,12H,4-7H2,1-3H3. The van der Waals surface area contributed by atoms with Crippen LogP contribution in [-0.2, 0) is 19.2 Å². The fourth-order valence-corrected chi connectivity index (χ4v) is 1.12. The highest BCUT2D eigenvalue weighted by molar-refractivity contribution is 6.34. The molecule has 0 bridgehead atoms. The first-order valence-corrected chi connectivity index (χ1v) is 5.53. The zero-order chi connectivity index (χ0) is 12.2. The molecular formula is C11H19NO4. The third-order valence-electron chi connectivity index (χ3n) is 2.16. The van der Waals surface area contributed by atoms with Crippen molar-refractivity contribution in [1.29, 1.82) is 0 Å². The summed E-state index contributed by atoms with van der Waals surface area (Å²) < 4.78 is 4.91.